The lowest BCUT2D eigenvalue weighted by Crippen LogP contribution is -2.34. The van der Waals surface area contributed by atoms with Crippen molar-refractivity contribution in [1.82, 2.24) is 4.57 Å². The average Bonchev–Trinajstić information content (AvgIpc) is 3.08. The predicted octanol–water partition coefficient (Wildman–Crippen LogP) is 4.23. The molecular weight excluding hydrogens is 417 g/mol. The molecule has 1 aromatic heterocycles. The Hall–Kier alpha value is -2.87. The van der Waals surface area contributed by atoms with Gasteiger partial charge in [0.15, 0.2) is 17.3 Å². The third-order valence-corrected chi connectivity index (χ3v) is 6.73. The summed E-state index contributed by atoms with van der Waals surface area (Å²) < 4.78 is 33.6. The van der Waals surface area contributed by atoms with Crippen LogP contribution in [-0.4, -0.2) is 43.1 Å². The largest absolute Gasteiger partial charge is 0.493 e. The molecule has 1 aliphatic heterocycles. The van der Waals surface area contributed by atoms with E-state index in [1.54, 1.807) is 17.7 Å². The van der Waals surface area contributed by atoms with E-state index in [9.17, 15) is 14.7 Å². The van der Waals surface area contributed by atoms with Crippen LogP contribution in [-0.2, 0) is 4.74 Å². The standard InChI is InChI=1S/C24H28FNO6/c1-24(2)7-6-13-14-10-18(32-9-5-8-30-3)17(31-4)11-15(14)20-19(25)21(27)16(23(28)29)12-26(20)22(13)24/h10-13,22H,5-9H2,1-4H3,(H,28,29)/t13-,22+/m0/s1. The number of halogens is 1. The number of carboxylic acids is 1. The van der Waals surface area contributed by atoms with E-state index in [0.717, 1.165) is 18.4 Å². The van der Waals surface area contributed by atoms with Crippen molar-refractivity contribution in [2.75, 3.05) is 27.4 Å². The molecule has 2 atom stereocenters. The van der Waals surface area contributed by atoms with E-state index in [1.807, 2.05) is 6.07 Å². The fraction of sp³-hybridized carbons (Fsp3) is 0.500. The topological polar surface area (TPSA) is 87.0 Å². The van der Waals surface area contributed by atoms with Gasteiger partial charge >= 0.3 is 5.97 Å². The van der Waals surface area contributed by atoms with Crippen molar-refractivity contribution in [2.45, 2.75) is 45.1 Å². The van der Waals surface area contributed by atoms with Crippen LogP contribution in [0.15, 0.2) is 23.1 Å². The summed E-state index contributed by atoms with van der Waals surface area (Å²) in [4.78, 5) is 24.2. The maximum absolute atomic E-state index is 15.4. The van der Waals surface area contributed by atoms with Crippen LogP contribution >= 0.6 is 0 Å². The number of ether oxygens (including phenoxy) is 3. The normalized spacial score (nSPS) is 20.3. The van der Waals surface area contributed by atoms with Gasteiger partial charge in [0.1, 0.15) is 5.56 Å². The summed E-state index contributed by atoms with van der Waals surface area (Å²) in [5.74, 6) is -1.46. The van der Waals surface area contributed by atoms with E-state index in [2.05, 4.69) is 13.8 Å². The average molecular weight is 445 g/mol. The molecule has 32 heavy (non-hydrogen) atoms. The van der Waals surface area contributed by atoms with E-state index in [4.69, 9.17) is 14.2 Å². The fourth-order valence-corrected chi connectivity index (χ4v) is 5.25. The second-order valence-corrected chi connectivity index (χ2v) is 9.11. The zero-order valence-corrected chi connectivity index (χ0v) is 18.7. The Morgan fingerprint density at radius 3 is 2.66 bits per heavy atom. The summed E-state index contributed by atoms with van der Waals surface area (Å²) >= 11 is 0. The van der Waals surface area contributed by atoms with Crippen LogP contribution in [0.5, 0.6) is 11.5 Å². The van der Waals surface area contributed by atoms with Crippen LogP contribution in [0.1, 0.15) is 61.0 Å². The van der Waals surface area contributed by atoms with Crippen LogP contribution in [0.4, 0.5) is 4.39 Å². The highest BCUT2D eigenvalue weighted by Gasteiger charge is 2.48. The van der Waals surface area contributed by atoms with Crippen molar-refractivity contribution in [1.29, 1.82) is 0 Å². The van der Waals surface area contributed by atoms with Gasteiger partial charge in [-0.2, -0.15) is 0 Å². The third-order valence-electron chi connectivity index (χ3n) is 6.73. The van der Waals surface area contributed by atoms with E-state index >= 15 is 4.39 Å². The highest BCUT2D eigenvalue weighted by atomic mass is 19.1. The van der Waals surface area contributed by atoms with Crippen molar-refractivity contribution in [3.05, 3.63) is 45.5 Å². The van der Waals surface area contributed by atoms with Gasteiger partial charge in [0.25, 0.3) is 0 Å². The van der Waals surface area contributed by atoms with Crippen LogP contribution in [0.25, 0.3) is 11.3 Å². The van der Waals surface area contributed by atoms with Gasteiger partial charge in [-0.25, -0.2) is 9.18 Å². The van der Waals surface area contributed by atoms with Gasteiger partial charge < -0.3 is 23.9 Å². The maximum atomic E-state index is 15.4. The number of carbonyl (C=O) groups is 1. The molecule has 1 N–H and O–H groups in total. The first-order valence-corrected chi connectivity index (χ1v) is 10.7. The summed E-state index contributed by atoms with van der Waals surface area (Å²) in [5, 5.41) is 9.47. The number of aromatic carboxylic acids is 1. The van der Waals surface area contributed by atoms with Crippen LogP contribution in [0.3, 0.4) is 0 Å². The molecule has 4 rings (SSSR count). The number of fused-ring (bicyclic) bond motifs is 6. The van der Waals surface area contributed by atoms with Gasteiger partial charge in [-0.3, -0.25) is 4.79 Å². The number of methoxy groups -OCH3 is 2. The minimum absolute atomic E-state index is 0.0308. The van der Waals surface area contributed by atoms with Crippen LogP contribution in [0, 0.1) is 11.2 Å². The van der Waals surface area contributed by atoms with Gasteiger partial charge in [0.2, 0.25) is 5.43 Å². The molecule has 172 valence electrons. The van der Waals surface area contributed by atoms with Crippen LogP contribution < -0.4 is 14.9 Å². The summed E-state index contributed by atoms with van der Waals surface area (Å²) in [6.07, 6.45) is 3.75. The summed E-state index contributed by atoms with van der Waals surface area (Å²) in [6, 6.07) is 3.39. The Morgan fingerprint density at radius 2 is 2.00 bits per heavy atom. The lowest BCUT2D eigenvalue weighted by molar-refractivity contribution is 0.0692. The number of benzene rings is 1. The molecule has 1 aromatic carbocycles. The molecule has 2 heterocycles. The minimum atomic E-state index is -1.43. The summed E-state index contributed by atoms with van der Waals surface area (Å²) in [7, 11) is 3.14. The van der Waals surface area contributed by atoms with Crippen LogP contribution in [0.2, 0.25) is 0 Å². The smallest absolute Gasteiger partial charge is 0.341 e. The quantitative estimate of drug-likeness (QED) is 0.642. The minimum Gasteiger partial charge on any atom is -0.493 e. The lowest BCUT2D eigenvalue weighted by atomic mass is 9.77. The zero-order chi connectivity index (χ0) is 23.2. The van der Waals surface area contributed by atoms with Gasteiger partial charge in [0, 0.05) is 43.9 Å². The van der Waals surface area contributed by atoms with E-state index in [0.29, 0.717) is 36.7 Å². The second kappa shape index (κ2) is 8.24. The Labute approximate surface area is 185 Å². The van der Waals surface area contributed by atoms with Crippen molar-refractivity contribution >= 4 is 5.97 Å². The molecule has 0 radical (unpaired) electrons. The molecule has 8 heteroatoms. The molecule has 0 spiro atoms. The number of pyridine rings is 1. The molecule has 1 aliphatic carbocycles. The molecule has 7 nitrogen and oxygen atoms in total. The molecule has 1 saturated carbocycles. The Morgan fingerprint density at radius 1 is 1.25 bits per heavy atom. The van der Waals surface area contributed by atoms with E-state index < -0.39 is 22.8 Å². The van der Waals surface area contributed by atoms with Gasteiger partial charge in [0.05, 0.1) is 19.4 Å². The zero-order valence-electron chi connectivity index (χ0n) is 18.7. The highest BCUT2D eigenvalue weighted by Crippen LogP contribution is 2.60. The Kier molecular flexibility index (Phi) is 5.75. The first-order chi connectivity index (χ1) is 15.2. The summed E-state index contributed by atoms with van der Waals surface area (Å²) in [6.45, 7) is 5.19. The number of hydrogen-bond donors (Lipinski definition) is 1. The number of carboxylic acid groups (broad SMARTS) is 1. The monoisotopic (exact) mass is 445 g/mol. The summed E-state index contributed by atoms with van der Waals surface area (Å²) in [5.41, 5.74) is -0.339. The predicted molar refractivity (Wildman–Crippen MR) is 116 cm³/mol. The lowest BCUT2D eigenvalue weighted by Gasteiger charge is -2.40. The Balaban J connectivity index is 1.94. The van der Waals surface area contributed by atoms with E-state index in [1.165, 1.54) is 13.3 Å². The van der Waals surface area contributed by atoms with E-state index in [-0.39, 0.29) is 23.1 Å². The van der Waals surface area contributed by atoms with Crippen molar-refractivity contribution in [2.24, 2.45) is 5.41 Å². The molecule has 1 fully saturated rings. The number of nitrogens with zero attached hydrogens (tertiary/aromatic N) is 1. The molecule has 0 unspecified atom stereocenters. The van der Waals surface area contributed by atoms with Crippen molar-refractivity contribution in [3.8, 4) is 22.8 Å². The molecular formula is C24H28FNO6. The number of aromatic nitrogens is 1. The second-order valence-electron chi connectivity index (χ2n) is 9.11. The molecule has 2 aromatic rings. The van der Waals surface area contributed by atoms with Gasteiger partial charge in [-0.15, -0.1) is 0 Å². The number of hydrogen-bond acceptors (Lipinski definition) is 5. The van der Waals surface area contributed by atoms with Gasteiger partial charge in [-0.1, -0.05) is 13.8 Å². The molecule has 2 aliphatic rings. The SMILES string of the molecule is COCCCOc1cc2c(cc1OC)-c1c(F)c(=O)c(C(=O)O)cn1[C@@H]1[C@H]2CCC1(C)C. The number of rotatable bonds is 7. The Bertz CT molecular complexity index is 1120. The fourth-order valence-electron chi connectivity index (χ4n) is 5.25. The highest BCUT2D eigenvalue weighted by molar-refractivity contribution is 5.88. The first-order valence-electron chi connectivity index (χ1n) is 10.7. The maximum Gasteiger partial charge on any atom is 0.341 e. The first kappa shape index (κ1) is 22.3. The third kappa shape index (κ3) is 3.46. The molecule has 0 bridgehead atoms. The van der Waals surface area contributed by atoms with Crippen molar-refractivity contribution < 1.29 is 28.5 Å². The van der Waals surface area contributed by atoms with Crippen molar-refractivity contribution in [3.63, 3.8) is 0 Å². The van der Waals surface area contributed by atoms with Gasteiger partial charge in [-0.05, 0) is 36.0 Å². The molecule has 0 amide bonds. The molecule has 0 saturated heterocycles.